The molecular weight excluding hydrogens is 336 g/mol. The van der Waals surface area contributed by atoms with E-state index in [1.165, 1.54) is 11.3 Å². The predicted molar refractivity (Wildman–Crippen MR) is 97.7 cm³/mol. The molecule has 0 fully saturated rings. The van der Waals surface area contributed by atoms with Crippen molar-refractivity contribution in [2.45, 2.75) is 12.8 Å². The zero-order valence-electron chi connectivity index (χ0n) is 13.3. The molecule has 6 heteroatoms. The lowest BCUT2D eigenvalue weighted by atomic mass is 10.1. The average Bonchev–Trinajstić information content (AvgIpc) is 2.98. The van der Waals surface area contributed by atoms with E-state index in [-0.39, 0.29) is 18.7 Å². The fraction of sp³-hybridized carbons (Fsp3) is 0.105. The van der Waals surface area contributed by atoms with Crippen LogP contribution in [-0.4, -0.2) is 22.0 Å². The Morgan fingerprint density at radius 3 is 2.24 bits per heavy atom. The Morgan fingerprint density at radius 2 is 1.60 bits per heavy atom. The van der Waals surface area contributed by atoms with Crippen molar-refractivity contribution >= 4 is 28.3 Å². The van der Waals surface area contributed by atoms with Gasteiger partial charge in [0.25, 0.3) is 0 Å². The van der Waals surface area contributed by atoms with Crippen LogP contribution in [0.5, 0.6) is 0 Å². The first kappa shape index (κ1) is 16.9. The third kappa shape index (κ3) is 4.51. The highest BCUT2D eigenvalue weighted by Gasteiger charge is 2.17. The zero-order chi connectivity index (χ0) is 17.6. The predicted octanol–water partition coefficient (Wildman–Crippen LogP) is 3.62. The van der Waals surface area contributed by atoms with Crippen molar-refractivity contribution in [2.75, 3.05) is 5.32 Å². The van der Waals surface area contributed by atoms with E-state index >= 15 is 0 Å². The number of carbonyl (C=O) groups is 2. The second-order valence-electron chi connectivity index (χ2n) is 5.44. The Morgan fingerprint density at radius 1 is 0.960 bits per heavy atom. The molecule has 2 N–H and O–H groups in total. The van der Waals surface area contributed by atoms with E-state index in [0.717, 1.165) is 11.1 Å². The van der Waals surface area contributed by atoms with Gasteiger partial charge in [-0.2, -0.15) is 0 Å². The van der Waals surface area contributed by atoms with E-state index in [9.17, 15) is 9.59 Å². The van der Waals surface area contributed by atoms with Crippen LogP contribution in [0.2, 0.25) is 0 Å². The van der Waals surface area contributed by atoms with Crippen molar-refractivity contribution in [3.05, 3.63) is 71.1 Å². The number of anilines is 1. The van der Waals surface area contributed by atoms with E-state index in [1.807, 2.05) is 60.7 Å². The summed E-state index contributed by atoms with van der Waals surface area (Å²) < 4.78 is 0. The van der Waals surface area contributed by atoms with Crippen LogP contribution in [0.3, 0.4) is 0 Å². The Kier molecular flexibility index (Phi) is 5.20. The number of carboxylic acid groups (broad SMARTS) is 1. The molecule has 3 aromatic rings. The standard InChI is InChI=1S/C19H16N2O3S/c22-16(11-13-7-3-1-4-8-13)20-19-21-18(14-9-5-2-6-10-14)15(25-19)12-17(23)24/h1-10H,11-12H2,(H,23,24)(H,20,21,22). The lowest BCUT2D eigenvalue weighted by Crippen LogP contribution is -2.14. The number of amides is 1. The molecule has 0 saturated heterocycles. The highest BCUT2D eigenvalue weighted by atomic mass is 32.1. The molecule has 2 aromatic carbocycles. The quantitative estimate of drug-likeness (QED) is 0.710. The molecule has 0 saturated carbocycles. The largest absolute Gasteiger partial charge is 0.481 e. The smallest absolute Gasteiger partial charge is 0.308 e. The van der Waals surface area contributed by atoms with Crippen LogP contribution in [0.4, 0.5) is 5.13 Å². The average molecular weight is 352 g/mol. The third-order valence-electron chi connectivity index (χ3n) is 3.51. The highest BCUT2D eigenvalue weighted by molar-refractivity contribution is 7.16. The van der Waals surface area contributed by atoms with Crippen molar-refractivity contribution in [3.8, 4) is 11.3 Å². The summed E-state index contributed by atoms with van der Waals surface area (Å²) in [5.41, 5.74) is 2.34. The Bertz CT molecular complexity index is 876. The van der Waals surface area contributed by atoms with Gasteiger partial charge in [-0.25, -0.2) is 4.98 Å². The summed E-state index contributed by atoms with van der Waals surface area (Å²) in [7, 11) is 0. The Hall–Kier alpha value is -2.99. The van der Waals surface area contributed by atoms with Gasteiger partial charge >= 0.3 is 5.97 Å². The summed E-state index contributed by atoms with van der Waals surface area (Å²) in [5.74, 6) is -1.11. The van der Waals surface area contributed by atoms with Gasteiger partial charge in [-0.3, -0.25) is 9.59 Å². The fourth-order valence-corrected chi connectivity index (χ4v) is 3.42. The third-order valence-corrected chi connectivity index (χ3v) is 4.48. The molecule has 0 aliphatic heterocycles. The van der Waals surface area contributed by atoms with Gasteiger partial charge in [-0.1, -0.05) is 60.7 Å². The van der Waals surface area contributed by atoms with E-state index in [0.29, 0.717) is 15.7 Å². The molecule has 0 radical (unpaired) electrons. The van der Waals surface area contributed by atoms with Crippen molar-refractivity contribution in [1.29, 1.82) is 0 Å². The van der Waals surface area contributed by atoms with Crippen LogP contribution in [0.15, 0.2) is 60.7 Å². The molecule has 126 valence electrons. The van der Waals surface area contributed by atoms with Gasteiger partial charge in [0.15, 0.2) is 5.13 Å². The van der Waals surface area contributed by atoms with E-state index < -0.39 is 5.97 Å². The van der Waals surface area contributed by atoms with Gasteiger partial charge in [-0.15, -0.1) is 11.3 Å². The van der Waals surface area contributed by atoms with E-state index in [1.54, 1.807) is 0 Å². The normalized spacial score (nSPS) is 10.4. The Balaban J connectivity index is 1.81. The molecule has 0 spiro atoms. The summed E-state index contributed by atoms with van der Waals surface area (Å²) in [6, 6.07) is 18.8. The highest BCUT2D eigenvalue weighted by Crippen LogP contribution is 2.31. The maximum atomic E-state index is 12.2. The number of hydrogen-bond donors (Lipinski definition) is 2. The van der Waals surface area contributed by atoms with Gasteiger partial charge in [-0.05, 0) is 5.56 Å². The molecule has 3 rings (SSSR count). The second kappa shape index (κ2) is 7.72. The first-order valence-corrected chi connectivity index (χ1v) is 8.54. The molecule has 0 bridgehead atoms. The van der Waals surface area contributed by atoms with Crippen molar-refractivity contribution in [1.82, 2.24) is 4.98 Å². The van der Waals surface area contributed by atoms with Gasteiger partial charge < -0.3 is 10.4 Å². The molecule has 5 nitrogen and oxygen atoms in total. The monoisotopic (exact) mass is 352 g/mol. The van der Waals surface area contributed by atoms with Crippen LogP contribution in [0.1, 0.15) is 10.4 Å². The number of nitrogens with one attached hydrogen (secondary N) is 1. The minimum Gasteiger partial charge on any atom is -0.481 e. The van der Waals surface area contributed by atoms with Crippen LogP contribution in [-0.2, 0) is 22.4 Å². The summed E-state index contributed by atoms with van der Waals surface area (Å²) in [5, 5.41) is 12.3. The van der Waals surface area contributed by atoms with Gasteiger partial charge in [0.2, 0.25) is 5.91 Å². The molecule has 0 unspecified atom stereocenters. The lowest BCUT2D eigenvalue weighted by Gasteiger charge is -2.01. The molecule has 1 amide bonds. The summed E-state index contributed by atoms with van der Waals surface area (Å²) in [6.07, 6.45) is 0.117. The summed E-state index contributed by atoms with van der Waals surface area (Å²) >= 11 is 1.20. The Labute approximate surface area is 149 Å². The van der Waals surface area contributed by atoms with Crippen LogP contribution >= 0.6 is 11.3 Å². The maximum absolute atomic E-state index is 12.2. The van der Waals surface area contributed by atoms with E-state index in [2.05, 4.69) is 10.3 Å². The van der Waals surface area contributed by atoms with Crippen LogP contribution in [0, 0.1) is 0 Å². The van der Waals surface area contributed by atoms with Gasteiger partial charge in [0, 0.05) is 10.4 Å². The lowest BCUT2D eigenvalue weighted by molar-refractivity contribution is -0.136. The van der Waals surface area contributed by atoms with E-state index in [4.69, 9.17) is 5.11 Å². The number of thiazole rings is 1. The minimum atomic E-state index is -0.928. The number of carbonyl (C=O) groups excluding carboxylic acids is 1. The van der Waals surface area contributed by atoms with Crippen LogP contribution < -0.4 is 5.32 Å². The molecule has 0 atom stereocenters. The number of rotatable bonds is 6. The first-order chi connectivity index (χ1) is 12.1. The first-order valence-electron chi connectivity index (χ1n) is 7.72. The van der Waals surface area contributed by atoms with Crippen LogP contribution in [0.25, 0.3) is 11.3 Å². The number of carboxylic acids is 1. The van der Waals surface area contributed by atoms with Crippen molar-refractivity contribution in [2.24, 2.45) is 0 Å². The zero-order valence-corrected chi connectivity index (χ0v) is 14.1. The molecule has 1 heterocycles. The van der Waals surface area contributed by atoms with Gasteiger partial charge in [0.1, 0.15) is 0 Å². The topological polar surface area (TPSA) is 79.3 Å². The molecule has 0 aliphatic rings. The fourth-order valence-electron chi connectivity index (χ4n) is 2.43. The number of aromatic nitrogens is 1. The molecular formula is C19H16N2O3S. The molecule has 0 aliphatic carbocycles. The minimum absolute atomic E-state index is 0.129. The van der Waals surface area contributed by atoms with Crippen molar-refractivity contribution in [3.63, 3.8) is 0 Å². The number of aliphatic carboxylic acids is 1. The van der Waals surface area contributed by atoms with Crippen molar-refractivity contribution < 1.29 is 14.7 Å². The number of hydrogen-bond acceptors (Lipinski definition) is 4. The number of benzene rings is 2. The molecule has 1 aromatic heterocycles. The molecule has 25 heavy (non-hydrogen) atoms. The summed E-state index contributed by atoms with van der Waals surface area (Å²) in [6.45, 7) is 0. The SMILES string of the molecule is O=C(O)Cc1sc(NC(=O)Cc2ccccc2)nc1-c1ccccc1. The second-order valence-corrected chi connectivity index (χ2v) is 6.52. The number of nitrogens with zero attached hydrogens (tertiary/aromatic N) is 1. The summed E-state index contributed by atoms with van der Waals surface area (Å²) in [4.78, 5) is 28.4. The maximum Gasteiger partial charge on any atom is 0.308 e. The van der Waals surface area contributed by atoms with Gasteiger partial charge in [0.05, 0.1) is 18.5 Å².